The SMILES string of the molecule is CC(C)(C)C(=O)[CH-]C(=O)C(C)(C)C.CC(C)(C)C(=O)[CH-]C(=O)C(C)(C)C.CC(C)(C)C(=O)[CH-]C(=O)C(C)(C)C.[Sm+3]. The Morgan fingerprint density at radius 1 is 0.275 bits per heavy atom. The maximum absolute atomic E-state index is 11.4. The largest absolute Gasteiger partial charge is 3.00 e. The summed E-state index contributed by atoms with van der Waals surface area (Å²) in [6.45, 7) is 32.5. The topological polar surface area (TPSA) is 102 Å². The predicted octanol–water partition coefficient (Wildman–Crippen LogP) is 7.26. The van der Waals surface area contributed by atoms with Crippen molar-refractivity contribution in [2.45, 2.75) is 125 Å². The minimum absolute atomic E-state index is 0. The molecular formula is C33H57O6Sm. The van der Waals surface area contributed by atoms with Crippen molar-refractivity contribution in [3.8, 4) is 0 Å². The van der Waals surface area contributed by atoms with Gasteiger partial charge in [-0.1, -0.05) is 125 Å². The molecule has 0 aliphatic heterocycles. The molecule has 0 amide bonds. The Balaban J connectivity index is -0.000000240. The molecule has 6 nitrogen and oxygen atoms in total. The molecule has 0 fully saturated rings. The van der Waals surface area contributed by atoms with Crippen molar-refractivity contribution in [2.75, 3.05) is 0 Å². The van der Waals surface area contributed by atoms with E-state index in [0.29, 0.717) is 0 Å². The van der Waals surface area contributed by atoms with E-state index in [1.807, 2.05) is 125 Å². The molecule has 0 bridgehead atoms. The second-order valence-electron chi connectivity index (χ2n) is 16.1. The summed E-state index contributed by atoms with van der Waals surface area (Å²) >= 11 is 0. The van der Waals surface area contributed by atoms with Crippen LogP contribution in [0, 0.1) is 92.1 Å². The summed E-state index contributed by atoms with van der Waals surface area (Å²) in [4.78, 5) is 68.7. The minimum Gasteiger partial charge on any atom is -0.333 e. The van der Waals surface area contributed by atoms with E-state index < -0.39 is 32.5 Å². The summed E-state index contributed by atoms with van der Waals surface area (Å²) in [6, 6.07) is 0. The number of carbonyl (C=O) groups excluding carboxylic acids is 6. The number of rotatable bonds is 6. The van der Waals surface area contributed by atoms with E-state index in [9.17, 15) is 28.8 Å². The minimum atomic E-state index is -0.457. The molecule has 0 aromatic carbocycles. The van der Waals surface area contributed by atoms with E-state index in [-0.39, 0.29) is 75.1 Å². The number of hydrogen-bond acceptors (Lipinski definition) is 6. The molecule has 231 valence electrons. The molecule has 0 atom stereocenters. The molecule has 0 heterocycles. The van der Waals surface area contributed by atoms with Gasteiger partial charge in [-0.3, -0.25) is 19.3 Å². The third kappa shape index (κ3) is 21.7. The third-order valence-electron chi connectivity index (χ3n) is 5.22. The van der Waals surface area contributed by atoms with Crippen molar-refractivity contribution in [3.63, 3.8) is 0 Å². The normalized spacial score (nSPS) is 12.2. The standard InChI is InChI=1S/3C11H19O2.Sm/c3*1-10(2,3)8(12)7-9(13)11(4,5)6;/h3*7H,1-6H3;/q3*-1;+3. The molecule has 0 aromatic rings. The van der Waals surface area contributed by atoms with Crippen LogP contribution in [0.15, 0.2) is 0 Å². The fourth-order valence-electron chi connectivity index (χ4n) is 1.66. The smallest absolute Gasteiger partial charge is 0.333 e. The Kier molecular flexibility index (Phi) is 19.0. The zero-order valence-corrected chi connectivity index (χ0v) is 31.2. The van der Waals surface area contributed by atoms with Crippen molar-refractivity contribution >= 4 is 34.7 Å². The van der Waals surface area contributed by atoms with Crippen LogP contribution in [0.25, 0.3) is 0 Å². The van der Waals surface area contributed by atoms with Gasteiger partial charge in [-0.25, -0.2) is 0 Å². The molecule has 0 saturated carbocycles. The molecule has 1 radical (unpaired) electrons. The first-order valence-corrected chi connectivity index (χ1v) is 13.5. The van der Waals surface area contributed by atoms with Gasteiger partial charge >= 0.3 is 40.4 Å². The van der Waals surface area contributed by atoms with E-state index in [1.54, 1.807) is 0 Å². The first kappa shape index (κ1) is 45.9. The van der Waals surface area contributed by atoms with Gasteiger partial charge < -0.3 is 28.8 Å². The van der Waals surface area contributed by atoms with Crippen molar-refractivity contribution in [1.82, 2.24) is 0 Å². The van der Waals surface area contributed by atoms with Crippen LogP contribution < -0.4 is 0 Å². The van der Waals surface area contributed by atoms with Gasteiger partial charge in [-0.05, 0) is 32.5 Å². The average Bonchev–Trinajstić information content (AvgIpc) is 2.64. The van der Waals surface area contributed by atoms with Crippen LogP contribution >= 0.6 is 0 Å². The van der Waals surface area contributed by atoms with Crippen LogP contribution in [0.4, 0.5) is 0 Å². The molecule has 0 aliphatic rings. The Morgan fingerprint density at radius 3 is 0.400 bits per heavy atom. The quantitative estimate of drug-likeness (QED) is 0.214. The first-order valence-electron chi connectivity index (χ1n) is 13.5. The van der Waals surface area contributed by atoms with E-state index in [2.05, 4.69) is 0 Å². The van der Waals surface area contributed by atoms with Crippen LogP contribution in [0.5, 0.6) is 0 Å². The molecule has 40 heavy (non-hydrogen) atoms. The summed E-state index contributed by atoms with van der Waals surface area (Å²) in [6.07, 6.45) is 3.67. The zero-order valence-electron chi connectivity index (χ0n) is 28.6. The fourth-order valence-corrected chi connectivity index (χ4v) is 1.66. The average molecular weight is 700 g/mol. The number of hydrogen-bond donors (Lipinski definition) is 0. The summed E-state index contributed by atoms with van der Waals surface area (Å²) in [7, 11) is 0. The number of carbonyl (C=O) groups is 6. The van der Waals surface area contributed by atoms with Gasteiger partial charge in [-0.2, -0.15) is 0 Å². The van der Waals surface area contributed by atoms with Crippen molar-refractivity contribution in [1.29, 1.82) is 0 Å². The van der Waals surface area contributed by atoms with Crippen molar-refractivity contribution < 1.29 is 69.2 Å². The van der Waals surface area contributed by atoms with Gasteiger partial charge in [0.25, 0.3) is 0 Å². The molecule has 0 N–H and O–H groups in total. The summed E-state index contributed by atoms with van der Waals surface area (Å²) < 4.78 is 0. The van der Waals surface area contributed by atoms with Crippen molar-refractivity contribution in [2.24, 2.45) is 32.5 Å². The Bertz CT molecular complexity index is 693. The Morgan fingerprint density at radius 2 is 0.350 bits per heavy atom. The second-order valence-corrected chi connectivity index (χ2v) is 16.1. The summed E-state index contributed by atoms with van der Waals surface area (Å²) in [5.74, 6) is -0.625. The monoisotopic (exact) mass is 701 g/mol. The molecule has 0 rings (SSSR count). The molecule has 0 unspecified atom stereocenters. The summed E-state index contributed by atoms with van der Waals surface area (Å²) in [5, 5.41) is 0. The number of Topliss-reactive ketones (excluding diaryl/α,β-unsaturated/α-hetero) is 6. The third-order valence-corrected chi connectivity index (χ3v) is 5.22. The fraction of sp³-hybridized carbons (Fsp3) is 0.727. The molecule has 0 saturated heterocycles. The molecule has 0 aliphatic carbocycles. The second kappa shape index (κ2) is 16.6. The van der Waals surface area contributed by atoms with Gasteiger partial charge in [0, 0.05) is 34.7 Å². The van der Waals surface area contributed by atoms with E-state index >= 15 is 0 Å². The maximum Gasteiger partial charge on any atom is 3.00 e. The zero-order chi connectivity index (χ0) is 32.6. The van der Waals surface area contributed by atoms with Crippen LogP contribution in [-0.2, 0) is 28.8 Å². The molecule has 0 spiro atoms. The molecule has 0 aromatic heterocycles. The van der Waals surface area contributed by atoms with Crippen LogP contribution in [-0.4, -0.2) is 34.7 Å². The van der Waals surface area contributed by atoms with Crippen molar-refractivity contribution in [3.05, 3.63) is 19.3 Å². The van der Waals surface area contributed by atoms with Crippen LogP contribution in [0.1, 0.15) is 125 Å². The Hall–Kier alpha value is -1.03. The maximum atomic E-state index is 11.4. The van der Waals surface area contributed by atoms with Gasteiger partial charge in [0.15, 0.2) is 0 Å². The van der Waals surface area contributed by atoms with Gasteiger partial charge in [-0.15, -0.1) is 0 Å². The van der Waals surface area contributed by atoms with Crippen LogP contribution in [0.3, 0.4) is 0 Å². The van der Waals surface area contributed by atoms with E-state index in [0.717, 1.165) is 0 Å². The Labute approximate surface area is 278 Å². The predicted molar refractivity (Wildman–Crippen MR) is 160 cm³/mol. The first-order chi connectivity index (χ1) is 16.6. The molecular weight excluding hydrogens is 643 g/mol. The summed E-state index contributed by atoms with van der Waals surface area (Å²) in [5.41, 5.74) is -2.74. The van der Waals surface area contributed by atoms with Gasteiger partial charge in [0.2, 0.25) is 0 Å². The van der Waals surface area contributed by atoms with Crippen LogP contribution in [0.2, 0.25) is 0 Å². The number of ketones is 6. The molecule has 7 heteroatoms. The van der Waals surface area contributed by atoms with E-state index in [1.165, 1.54) is 19.3 Å². The van der Waals surface area contributed by atoms with Gasteiger partial charge in [0.1, 0.15) is 0 Å². The van der Waals surface area contributed by atoms with Gasteiger partial charge in [0.05, 0.1) is 0 Å². The van der Waals surface area contributed by atoms with E-state index in [4.69, 9.17) is 0 Å².